The quantitative estimate of drug-likeness (QED) is 0.592. The van der Waals surface area contributed by atoms with Gasteiger partial charge in [-0.1, -0.05) is 17.8 Å². The van der Waals surface area contributed by atoms with E-state index in [4.69, 9.17) is 4.74 Å². The Morgan fingerprint density at radius 3 is 2.90 bits per heavy atom. The Balaban J connectivity index is 1.40. The number of benzene rings is 1. The number of carbonyl (C=O) groups is 1. The summed E-state index contributed by atoms with van der Waals surface area (Å²) >= 11 is 1.56. The highest BCUT2D eigenvalue weighted by Gasteiger charge is 2.17. The molecule has 0 aliphatic heterocycles. The molecule has 1 amide bonds. The standard InChI is InChI=1S/C22H24N4O2S/c1-29-22-24-11-12-26(22)18-6-4-5-17(14-18)21(27)25-15-16-9-10-23-20(13-16)28-19-7-2-3-8-19/h4-6,9-14,19H,2-3,7-8,15H2,1H3,(H,25,27). The molecule has 0 bridgehead atoms. The summed E-state index contributed by atoms with van der Waals surface area (Å²) in [6.45, 7) is 0.424. The minimum Gasteiger partial charge on any atom is -0.474 e. The zero-order valence-electron chi connectivity index (χ0n) is 16.4. The van der Waals surface area contributed by atoms with Gasteiger partial charge in [-0.15, -0.1) is 0 Å². The molecule has 0 unspecified atom stereocenters. The number of imidazole rings is 1. The van der Waals surface area contributed by atoms with Crippen molar-refractivity contribution >= 4 is 17.7 Å². The van der Waals surface area contributed by atoms with Crippen molar-refractivity contribution in [2.24, 2.45) is 0 Å². The van der Waals surface area contributed by atoms with Crippen LogP contribution >= 0.6 is 11.8 Å². The Labute approximate surface area is 174 Å². The maximum atomic E-state index is 12.7. The van der Waals surface area contributed by atoms with E-state index in [0.717, 1.165) is 29.2 Å². The number of amides is 1. The van der Waals surface area contributed by atoms with Crippen molar-refractivity contribution in [2.75, 3.05) is 6.26 Å². The zero-order chi connectivity index (χ0) is 20.1. The molecule has 150 valence electrons. The number of nitrogens with zero attached hydrogens (tertiary/aromatic N) is 3. The highest BCUT2D eigenvalue weighted by Crippen LogP contribution is 2.23. The first-order chi connectivity index (χ1) is 14.2. The van der Waals surface area contributed by atoms with Crippen LogP contribution in [0.5, 0.6) is 5.88 Å². The van der Waals surface area contributed by atoms with Gasteiger partial charge in [-0.25, -0.2) is 9.97 Å². The fourth-order valence-electron chi connectivity index (χ4n) is 3.52. The summed E-state index contributed by atoms with van der Waals surface area (Å²) in [5.74, 6) is 0.517. The van der Waals surface area contributed by atoms with Crippen molar-refractivity contribution in [3.8, 4) is 11.6 Å². The minimum atomic E-state index is -0.118. The van der Waals surface area contributed by atoms with Crippen LogP contribution in [-0.2, 0) is 6.54 Å². The van der Waals surface area contributed by atoms with Gasteiger partial charge in [0, 0.05) is 42.5 Å². The third kappa shape index (κ3) is 4.79. The van der Waals surface area contributed by atoms with E-state index < -0.39 is 0 Å². The first kappa shape index (κ1) is 19.5. The molecule has 2 aromatic heterocycles. The van der Waals surface area contributed by atoms with Gasteiger partial charge in [-0.3, -0.25) is 9.36 Å². The molecule has 1 aliphatic carbocycles. The van der Waals surface area contributed by atoms with Gasteiger partial charge in [0.2, 0.25) is 5.88 Å². The maximum absolute atomic E-state index is 12.7. The number of hydrogen-bond donors (Lipinski definition) is 1. The van der Waals surface area contributed by atoms with Crippen LogP contribution in [-0.4, -0.2) is 32.8 Å². The second-order valence-corrected chi connectivity index (χ2v) is 7.82. The molecule has 29 heavy (non-hydrogen) atoms. The molecule has 0 saturated heterocycles. The highest BCUT2D eigenvalue weighted by molar-refractivity contribution is 7.98. The largest absolute Gasteiger partial charge is 0.474 e. The lowest BCUT2D eigenvalue weighted by Gasteiger charge is -2.13. The number of rotatable bonds is 7. The normalized spacial score (nSPS) is 14.1. The van der Waals surface area contributed by atoms with E-state index >= 15 is 0 Å². The molecule has 3 aromatic rings. The lowest BCUT2D eigenvalue weighted by molar-refractivity contribution is 0.0950. The van der Waals surface area contributed by atoms with Crippen LogP contribution in [0.25, 0.3) is 5.69 Å². The van der Waals surface area contributed by atoms with Crippen molar-refractivity contribution in [1.29, 1.82) is 0 Å². The summed E-state index contributed by atoms with van der Waals surface area (Å²) in [5.41, 5.74) is 2.49. The predicted octanol–water partition coefficient (Wildman–Crippen LogP) is 4.24. The number of ether oxygens (including phenoxy) is 1. The number of carbonyl (C=O) groups excluding carboxylic acids is 1. The average Bonchev–Trinajstić information content (AvgIpc) is 3.44. The number of pyridine rings is 1. The van der Waals surface area contributed by atoms with Gasteiger partial charge in [0.15, 0.2) is 5.16 Å². The lowest BCUT2D eigenvalue weighted by atomic mass is 10.1. The zero-order valence-corrected chi connectivity index (χ0v) is 17.2. The summed E-state index contributed by atoms with van der Waals surface area (Å²) in [6.07, 6.45) is 12.3. The summed E-state index contributed by atoms with van der Waals surface area (Å²) in [7, 11) is 0. The van der Waals surface area contributed by atoms with Crippen molar-refractivity contribution in [3.63, 3.8) is 0 Å². The molecular formula is C22H24N4O2S. The van der Waals surface area contributed by atoms with Crippen molar-refractivity contribution in [3.05, 3.63) is 66.1 Å². The third-order valence-electron chi connectivity index (χ3n) is 5.02. The first-order valence-electron chi connectivity index (χ1n) is 9.80. The van der Waals surface area contributed by atoms with Gasteiger partial charge < -0.3 is 10.1 Å². The van der Waals surface area contributed by atoms with Crippen molar-refractivity contribution in [2.45, 2.75) is 43.5 Å². The molecule has 7 heteroatoms. The van der Waals surface area contributed by atoms with Crippen LogP contribution in [0, 0.1) is 0 Å². The molecule has 1 fully saturated rings. The Morgan fingerprint density at radius 2 is 2.07 bits per heavy atom. The van der Waals surface area contributed by atoms with E-state index in [9.17, 15) is 4.79 Å². The van der Waals surface area contributed by atoms with E-state index in [-0.39, 0.29) is 12.0 Å². The van der Waals surface area contributed by atoms with E-state index in [0.29, 0.717) is 18.0 Å². The molecule has 6 nitrogen and oxygen atoms in total. The molecule has 1 aliphatic rings. The van der Waals surface area contributed by atoms with Crippen LogP contribution in [0.3, 0.4) is 0 Å². The number of hydrogen-bond acceptors (Lipinski definition) is 5. The second-order valence-electron chi connectivity index (χ2n) is 7.04. The average molecular weight is 409 g/mol. The summed E-state index contributed by atoms with van der Waals surface area (Å²) in [4.78, 5) is 21.3. The minimum absolute atomic E-state index is 0.118. The second kappa shape index (κ2) is 9.13. The van der Waals surface area contributed by atoms with Crippen LogP contribution < -0.4 is 10.1 Å². The molecule has 1 N–H and O–H groups in total. The molecule has 1 saturated carbocycles. The van der Waals surface area contributed by atoms with Crippen molar-refractivity contribution in [1.82, 2.24) is 19.9 Å². The van der Waals surface area contributed by atoms with Gasteiger partial charge in [-0.05, 0) is 61.8 Å². The summed E-state index contributed by atoms with van der Waals surface area (Å²) in [5, 5.41) is 3.87. The van der Waals surface area contributed by atoms with Crippen molar-refractivity contribution < 1.29 is 9.53 Å². The summed E-state index contributed by atoms with van der Waals surface area (Å²) in [6, 6.07) is 11.3. The van der Waals surface area contributed by atoms with E-state index in [2.05, 4.69) is 15.3 Å². The van der Waals surface area contributed by atoms with Crippen LogP contribution in [0.15, 0.2) is 60.1 Å². The topological polar surface area (TPSA) is 69.0 Å². The fourth-order valence-corrected chi connectivity index (χ4v) is 4.05. The van der Waals surface area contributed by atoms with Gasteiger partial charge in [-0.2, -0.15) is 0 Å². The molecule has 0 spiro atoms. The van der Waals surface area contributed by atoms with Gasteiger partial charge in [0.25, 0.3) is 5.91 Å². The fraction of sp³-hybridized carbons (Fsp3) is 0.318. The molecular weight excluding hydrogens is 384 g/mol. The van der Waals surface area contributed by atoms with Crippen LogP contribution in [0.2, 0.25) is 0 Å². The molecule has 4 rings (SSSR count). The molecule has 0 radical (unpaired) electrons. The Morgan fingerprint density at radius 1 is 1.21 bits per heavy atom. The maximum Gasteiger partial charge on any atom is 0.251 e. The third-order valence-corrected chi connectivity index (χ3v) is 5.69. The smallest absolute Gasteiger partial charge is 0.251 e. The SMILES string of the molecule is CSc1nccn1-c1cccc(C(=O)NCc2ccnc(OC3CCCC3)c2)c1. The Hall–Kier alpha value is -2.80. The molecule has 2 heterocycles. The summed E-state index contributed by atoms with van der Waals surface area (Å²) < 4.78 is 7.92. The highest BCUT2D eigenvalue weighted by atomic mass is 32.2. The van der Waals surface area contributed by atoms with E-state index in [1.807, 2.05) is 53.4 Å². The lowest BCUT2D eigenvalue weighted by Crippen LogP contribution is -2.23. The first-order valence-corrected chi connectivity index (χ1v) is 11.0. The number of thioether (sulfide) groups is 1. The van der Waals surface area contributed by atoms with Gasteiger partial charge in [0.1, 0.15) is 6.10 Å². The van der Waals surface area contributed by atoms with Gasteiger partial charge >= 0.3 is 0 Å². The number of aromatic nitrogens is 3. The van der Waals surface area contributed by atoms with E-state index in [1.165, 1.54) is 12.8 Å². The number of nitrogens with one attached hydrogen (secondary N) is 1. The Kier molecular flexibility index (Phi) is 6.14. The molecule has 1 aromatic carbocycles. The van der Waals surface area contributed by atoms with Gasteiger partial charge in [0.05, 0.1) is 0 Å². The van der Waals surface area contributed by atoms with Crippen LogP contribution in [0.4, 0.5) is 0 Å². The Bertz CT molecular complexity index is 982. The van der Waals surface area contributed by atoms with E-state index in [1.54, 1.807) is 24.2 Å². The molecule has 0 atom stereocenters. The van der Waals surface area contributed by atoms with Crippen LogP contribution in [0.1, 0.15) is 41.6 Å². The monoisotopic (exact) mass is 408 g/mol. The predicted molar refractivity (Wildman–Crippen MR) is 114 cm³/mol.